The summed E-state index contributed by atoms with van der Waals surface area (Å²) < 4.78 is 2.03. The molecule has 0 atom stereocenters. The molecule has 23 heavy (non-hydrogen) atoms. The highest BCUT2D eigenvalue weighted by Crippen LogP contribution is 2.21. The summed E-state index contributed by atoms with van der Waals surface area (Å²) in [5, 5.41) is 5.07. The summed E-state index contributed by atoms with van der Waals surface area (Å²) in [4.78, 5) is 17.0. The number of anilines is 1. The van der Waals surface area contributed by atoms with E-state index < -0.39 is 0 Å². The fourth-order valence-electron chi connectivity index (χ4n) is 2.83. The Morgan fingerprint density at radius 3 is 2.83 bits per heavy atom. The predicted molar refractivity (Wildman–Crippen MR) is 92.6 cm³/mol. The molecule has 112 valence electrons. The number of nitrogens with one attached hydrogen (secondary N) is 1. The first-order valence-electron chi connectivity index (χ1n) is 7.42. The van der Waals surface area contributed by atoms with Crippen LogP contribution in [0.25, 0.3) is 21.8 Å². The Bertz CT molecular complexity index is 1030. The largest absolute Gasteiger partial charge is 0.350 e. The zero-order valence-corrected chi connectivity index (χ0v) is 12.7. The van der Waals surface area contributed by atoms with Crippen LogP contribution in [0.15, 0.2) is 67.0 Å². The first-order valence-corrected chi connectivity index (χ1v) is 7.42. The number of carbonyl (C=O) groups is 1. The Morgan fingerprint density at radius 1 is 1.04 bits per heavy atom. The minimum Gasteiger partial charge on any atom is -0.350 e. The molecule has 4 nitrogen and oxygen atoms in total. The maximum Gasteiger partial charge on any atom is 0.257 e. The Hall–Kier alpha value is -3.14. The predicted octanol–water partition coefficient (Wildman–Crippen LogP) is 3.98. The van der Waals surface area contributed by atoms with Crippen LogP contribution in [0.3, 0.4) is 0 Å². The quantitative estimate of drug-likeness (QED) is 0.609. The molecule has 2 aromatic carbocycles. The normalized spacial score (nSPS) is 11.0. The van der Waals surface area contributed by atoms with Gasteiger partial charge in [-0.15, -0.1) is 0 Å². The van der Waals surface area contributed by atoms with Gasteiger partial charge in [-0.1, -0.05) is 24.3 Å². The summed E-state index contributed by atoms with van der Waals surface area (Å²) in [7, 11) is 1.99. The third-order valence-electron chi connectivity index (χ3n) is 4.02. The summed E-state index contributed by atoms with van der Waals surface area (Å²) in [6, 6.07) is 17.4. The van der Waals surface area contributed by atoms with Gasteiger partial charge >= 0.3 is 0 Å². The monoisotopic (exact) mass is 301 g/mol. The number of rotatable bonds is 2. The van der Waals surface area contributed by atoms with Gasteiger partial charge in [-0.3, -0.25) is 9.78 Å². The van der Waals surface area contributed by atoms with Gasteiger partial charge in [-0.25, -0.2) is 0 Å². The molecule has 2 aromatic heterocycles. The van der Waals surface area contributed by atoms with Crippen molar-refractivity contribution in [3.63, 3.8) is 0 Å². The lowest BCUT2D eigenvalue weighted by Gasteiger charge is -2.08. The van der Waals surface area contributed by atoms with Gasteiger partial charge in [-0.05, 0) is 35.7 Å². The molecule has 4 aromatic rings. The lowest BCUT2D eigenvalue weighted by Crippen LogP contribution is -2.12. The number of hydrogen-bond donors (Lipinski definition) is 1. The van der Waals surface area contributed by atoms with E-state index in [2.05, 4.69) is 16.4 Å². The van der Waals surface area contributed by atoms with Gasteiger partial charge in [0.05, 0.1) is 11.1 Å². The van der Waals surface area contributed by atoms with Crippen LogP contribution in [0.4, 0.5) is 5.69 Å². The van der Waals surface area contributed by atoms with E-state index in [0.717, 1.165) is 22.0 Å². The van der Waals surface area contributed by atoms with Crippen molar-refractivity contribution in [2.45, 2.75) is 0 Å². The number of para-hydroxylation sites is 1. The fourth-order valence-corrected chi connectivity index (χ4v) is 2.83. The minimum absolute atomic E-state index is 0.150. The summed E-state index contributed by atoms with van der Waals surface area (Å²) in [6.45, 7) is 0. The third kappa shape index (κ3) is 2.34. The van der Waals surface area contributed by atoms with E-state index >= 15 is 0 Å². The van der Waals surface area contributed by atoms with Crippen LogP contribution in [0.1, 0.15) is 10.4 Å². The van der Waals surface area contributed by atoms with Gasteiger partial charge in [-0.2, -0.15) is 0 Å². The van der Waals surface area contributed by atoms with Gasteiger partial charge in [0.15, 0.2) is 0 Å². The lowest BCUT2D eigenvalue weighted by molar-refractivity contribution is 0.102. The standard InChI is InChI=1S/C19H15N3O/c1-22-11-9-13-7-8-15(12-17(13)22)21-19(23)16-6-2-4-14-5-3-10-20-18(14)16/h2-12H,1H3,(H,21,23). The van der Waals surface area contributed by atoms with Crippen molar-refractivity contribution in [1.82, 2.24) is 9.55 Å². The fraction of sp³-hybridized carbons (Fsp3) is 0.0526. The van der Waals surface area contributed by atoms with E-state index in [-0.39, 0.29) is 5.91 Å². The average Bonchev–Trinajstić information content (AvgIpc) is 2.95. The van der Waals surface area contributed by atoms with Crippen molar-refractivity contribution in [2.24, 2.45) is 7.05 Å². The summed E-state index contributed by atoms with van der Waals surface area (Å²) in [5.41, 5.74) is 3.15. The smallest absolute Gasteiger partial charge is 0.257 e. The second-order valence-electron chi connectivity index (χ2n) is 5.54. The number of fused-ring (bicyclic) bond motifs is 2. The van der Waals surface area contributed by atoms with Gasteiger partial charge in [0.2, 0.25) is 0 Å². The number of nitrogens with zero attached hydrogens (tertiary/aromatic N) is 2. The van der Waals surface area contributed by atoms with Crippen LogP contribution in [0.5, 0.6) is 0 Å². The molecule has 1 amide bonds. The number of hydrogen-bond acceptors (Lipinski definition) is 2. The van der Waals surface area contributed by atoms with Gasteiger partial charge in [0.25, 0.3) is 5.91 Å². The first-order chi connectivity index (χ1) is 11.2. The molecule has 4 heteroatoms. The molecule has 4 rings (SSSR count). The van der Waals surface area contributed by atoms with Gasteiger partial charge < -0.3 is 9.88 Å². The lowest BCUT2D eigenvalue weighted by atomic mass is 10.1. The van der Waals surface area contributed by atoms with Crippen LogP contribution < -0.4 is 5.32 Å². The minimum atomic E-state index is -0.150. The van der Waals surface area contributed by atoms with E-state index in [1.807, 2.05) is 60.3 Å². The number of pyridine rings is 1. The van der Waals surface area contributed by atoms with Crippen molar-refractivity contribution in [2.75, 3.05) is 5.32 Å². The van der Waals surface area contributed by atoms with Crippen molar-refractivity contribution in [3.8, 4) is 0 Å². The van der Waals surface area contributed by atoms with E-state index in [0.29, 0.717) is 11.1 Å². The van der Waals surface area contributed by atoms with Crippen LogP contribution in [-0.4, -0.2) is 15.5 Å². The zero-order valence-electron chi connectivity index (χ0n) is 12.7. The molecule has 0 bridgehead atoms. The average molecular weight is 301 g/mol. The zero-order chi connectivity index (χ0) is 15.8. The van der Waals surface area contributed by atoms with Crippen LogP contribution in [-0.2, 0) is 7.05 Å². The summed E-state index contributed by atoms with van der Waals surface area (Å²) >= 11 is 0. The maximum absolute atomic E-state index is 12.6. The molecule has 0 spiro atoms. The Labute approximate surface area is 133 Å². The molecule has 0 aliphatic carbocycles. The summed E-state index contributed by atoms with van der Waals surface area (Å²) in [5.74, 6) is -0.150. The number of aryl methyl sites for hydroxylation is 1. The van der Waals surface area contributed by atoms with Crippen LogP contribution in [0, 0.1) is 0 Å². The molecular formula is C19H15N3O. The molecule has 2 heterocycles. The first kappa shape index (κ1) is 13.5. The van der Waals surface area contributed by atoms with Gasteiger partial charge in [0.1, 0.15) is 0 Å². The van der Waals surface area contributed by atoms with Crippen LogP contribution >= 0.6 is 0 Å². The highest BCUT2D eigenvalue weighted by Gasteiger charge is 2.11. The van der Waals surface area contributed by atoms with Crippen molar-refractivity contribution >= 4 is 33.4 Å². The molecular weight excluding hydrogens is 286 g/mol. The molecule has 0 aliphatic heterocycles. The third-order valence-corrected chi connectivity index (χ3v) is 4.02. The SMILES string of the molecule is Cn1ccc2ccc(NC(=O)c3cccc4cccnc34)cc21. The molecule has 0 aliphatic rings. The van der Waals surface area contributed by atoms with Crippen LogP contribution in [0.2, 0.25) is 0 Å². The molecule has 1 N–H and O–H groups in total. The molecule has 0 unspecified atom stereocenters. The van der Waals surface area contributed by atoms with E-state index in [1.54, 1.807) is 12.3 Å². The number of amides is 1. The highest BCUT2D eigenvalue weighted by molar-refractivity contribution is 6.12. The number of benzene rings is 2. The summed E-state index contributed by atoms with van der Waals surface area (Å²) in [6.07, 6.45) is 3.71. The Balaban J connectivity index is 1.72. The number of carbonyl (C=O) groups excluding carboxylic acids is 1. The van der Waals surface area contributed by atoms with Gasteiger partial charge in [0, 0.05) is 36.0 Å². The number of aromatic nitrogens is 2. The molecule has 0 radical (unpaired) electrons. The second-order valence-corrected chi connectivity index (χ2v) is 5.54. The topological polar surface area (TPSA) is 46.9 Å². The maximum atomic E-state index is 12.6. The Kier molecular flexibility index (Phi) is 3.08. The highest BCUT2D eigenvalue weighted by atomic mass is 16.1. The van der Waals surface area contributed by atoms with E-state index in [9.17, 15) is 4.79 Å². The second kappa shape index (κ2) is 5.25. The van der Waals surface area contributed by atoms with Crippen molar-refractivity contribution in [1.29, 1.82) is 0 Å². The molecule has 0 fully saturated rings. The molecule has 0 saturated carbocycles. The molecule has 0 saturated heterocycles. The van der Waals surface area contributed by atoms with E-state index in [4.69, 9.17) is 0 Å². The van der Waals surface area contributed by atoms with E-state index in [1.165, 1.54) is 0 Å². The van der Waals surface area contributed by atoms with Crippen molar-refractivity contribution < 1.29 is 4.79 Å². The Morgan fingerprint density at radius 2 is 1.91 bits per heavy atom. The van der Waals surface area contributed by atoms with Crippen molar-refractivity contribution in [3.05, 3.63) is 72.6 Å².